The lowest BCUT2D eigenvalue weighted by atomic mass is 9.79. The lowest BCUT2D eigenvalue weighted by molar-refractivity contribution is -0.384. The molecule has 0 amide bonds. The number of benzene rings is 2. The number of ether oxygens (including phenoxy) is 5. The third-order valence-corrected chi connectivity index (χ3v) is 8.19. The zero-order valence-electron chi connectivity index (χ0n) is 27.6. The molecule has 2 aromatic rings. The number of allylic oxidation sites excluding steroid dienone is 2. The van der Waals surface area contributed by atoms with Crippen molar-refractivity contribution in [3.63, 3.8) is 0 Å². The standard InChI is InChI=1S/C36H46N2O9/c1-4-11-30-34(32(26-13-8-14-27(24-26)38(41)42)33(35(39)43-3)29(5-2)37-30)36(40)47-23-10-22-44-28-18-16-25(17-19-28)12-9-21-46-31-15-6-7-20-45-31/h8,13-14,16-19,24,31-32,37H,4-7,9-12,15,20-23H2,1-3H3. The van der Waals surface area contributed by atoms with Gasteiger partial charge in [-0.25, -0.2) is 9.59 Å². The van der Waals surface area contributed by atoms with Gasteiger partial charge < -0.3 is 29.0 Å². The van der Waals surface area contributed by atoms with Crippen molar-refractivity contribution in [2.24, 2.45) is 0 Å². The van der Waals surface area contributed by atoms with Crippen LogP contribution in [0, 0.1) is 10.1 Å². The number of hydrogen-bond acceptors (Lipinski definition) is 10. The van der Waals surface area contributed by atoms with Crippen LogP contribution < -0.4 is 10.1 Å². The summed E-state index contributed by atoms with van der Waals surface area (Å²) in [6, 6.07) is 13.9. The number of aryl methyl sites for hydroxylation is 1. The molecule has 2 unspecified atom stereocenters. The minimum absolute atomic E-state index is 0.0643. The Bertz CT molecular complexity index is 1430. The summed E-state index contributed by atoms with van der Waals surface area (Å²) in [6.45, 7) is 5.74. The highest BCUT2D eigenvalue weighted by molar-refractivity contribution is 6.00. The van der Waals surface area contributed by atoms with E-state index in [1.807, 2.05) is 38.1 Å². The van der Waals surface area contributed by atoms with Crippen molar-refractivity contribution in [3.05, 3.63) is 92.3 Å². The normalized spacial score (nSPS) is 18.0. The average molecular weight is 651 g/mol. The second kappa shape index (κ2) is 18.2. The summed E-state index contributed by atoms with van der Waals surface area (Å²) in [6.07, 6.45) is 7.14. The maximum Gasteiger partial charge on any atom is 0.336 e. The van der Waals surface area contributed by atoms with Crippen molar-refractivity contribution in [2.45, 2.75) is 83.8 Å². The second-order valence-electron chi connectivity index (χ2n) is 11.5. The second-order valence-corrected chi connectivity index (χ2v) is 11.5. The Morgan fingerprint density at radius 1 is 0.957 bits per heavy atom. The molecule has 11 nitrogen and oxygen atoms in total. The number of nitrogens with one attached hydrogen (secondary N) is 1. The zero-order valence-corrected chi connectivity index (χ0v) is 27.6. The first-order chi connectivity index (χ1) is 22.9. The lowest BCUT2D eigenvalue weighted by Crippen LogP contribution is -2.34. The van der Waals surface area contributed by atoms with Crippen molar-refractivity contribution < 1.29 is 38.2 Å². The number of dihydropyridines is 1. The Hall–Kier alpha value is -4.22. The van der Waals surface area contributed by atoms with Gasteiger partial charge in [-0.05, 0) is 68.2 Å². The number of nitrogens with zero attached hydrogens (tertiary/aromatic N) is 1. The first-order valence-electron chi connectivity index (χ1n) is 16.5. The van der Waals surface area contributed by atoms with Gasteiger partial charge in [-0.2, -0.15) is 0 Å². The van der Waals surface area contributed by atoms with E-state index in [0.717, 1.165) is 50.9 Å². The molecule has 2 atom stereocenters. The molecule has 1 N–H and O–H groups in total. The highest BCUT2D eigenvalue weighted by Gasteiger charge is 2.39. The summed E-state index contributed by atoms with van der Waals surface area (Å²) in [4.78, 5) is 37.9. The number of methoxy groups -OCH3 is 1. The maximum absolute atomic E-state index is 13.7. The Labute approximate surface area is 276 Å². The molecule has 2 aliphatic heterocycles. The maximum atomic E-state index is 13.7. The lowest BCUT2D eigenvalue weighted by Gasteiger charge is -2.32. The van der Waals surface area contributed by atoms with Gasteiger partial charge in [0.25, 0.3) is 5.69 Å². The van der Waals surface area contributed by atoms with E-state index in [4.69, 9.17) is 23.7 Å². The first kappa shape index (κ1) is 35.6. The van der Waals surface area contributed by atoms with E-state index in [1.165, 1.54) is 24.8 Å². The smallest absolute Gasteiger partial charge is 0.336 e. The van der Waals surface area contributed by atoms with E-state index in [1.54, 1.807) is 12.1 Å². The molecular weight excluding hydrogens is 604 g/mol. The monoisotopic (exact) mass is 650 g/mol. The van der Waals surface area contributed by atoms with E-state index in [9.17, 15) is 19.7 Å². The van der Waals surface area contributed by atoms with Gasteiger partial charge in [0.05, 0.1) is 48.9 Å². The van der Waals surface area contributed by atoms with Gasteiger partial charge in [0.15, 0.2) is 6.29 Å². The van der Waals surface area contributed by atoms with Crippen LogP contribution in [0.2, 0.25) is 0 Å². The minimum atomic E-state index is -0.894. The van der Waals surface area contributed by atoms with Gasteiger partial charge >= 0.3 is 11.9 Å². The van der Waals surface area contributed by atoms with E-state index in [-0.39, 0.29) is 29.7 Å². The van der Waals surface area contributed by atoms with Crippen molar-refractivity contribution in [2.75, 3.05) is 33.5 Å². The molecule has 2 aromatic carbocycles. The number of rotatable bonds is 17. The fourth-order valence-electron chi connectivity index (χ4n) is 5.86. The first-order valence-corrected chi connectivity index (χ1v) is 16.5. The van der Waals surface area contributed by atoms with Crippen LogP contribution in [0.3, 0.4) is 0 Å². The molecule has 0 saturated carbocycles. The van der Waals surface area contributed by atoms with Crippen LogP contribution in [0.15, 0.2) is 71.1 Å². The summed E-state index contributed by atoms with van der Waals surface area (Å²) in [5.41, 5.74) is 3.21. The zero-order chi connectivity index (χ0) is 33.6. The van der Waals surface area contributed by atoms with Crippen LogP contribution in [-0.2, 0) is 35.0 Å². The highest BCUT2D eigenvalue weighted by atomic mass is 16.7. The van der Waals surface area contributed by atoms with Gasteiger partial charge in [0.2, 0.25) is 0 Å². The van der Waals surface area contributed by atoms with Crippen LogP contribution in [0.4, 0.5) is 5.69 Å². The van der Waals surface area contributed by atoms with E-state index in [0.29, 0.717) is 49.4 Å². The quantitative estimate of drug-likeness (QED) is 0.0857. The Morgan fingerprint density at radius 2 is 1.74 bits per heavy atom. The summed E-state index contributed by atoms with van der Waals surface area (Å²) < 4.78 is 28.1. The topological polar surface area (TPSA) is 135 Å². The van der Waals surface area contributed by atoms with E-state index < -0.39 is 22.8 Å². The third-order valence-electron chi connectivity index (χ3n) is 8.19. The molecule has 0 spiro atoms. The van der Waals surface area contributed by atoms with Gasteiger partial charge in [0, 0.05) is 36.6 Å². The molecule has 1 saturated heterocycles. The third kappa shape index (κ3) is 9.89. The fraction of sp³-hybridized carbons (Fsp3) is 0.500. The molecular formula is C36H46N2O9. The molecule has 0 radical (unpaired) electrons. The van der Waals surface area contributed by atoms with Crippen LogP contribution in [-0.4, -0.2) is 56.7 Å². The van der Waals surface area contributed by atoms with Crippen molar-refractivity contribution in [1.29, 1.82) is 0 Å². The summed E-state index contributed by atoms with van der Waals surface area (Å²) >= 11 is 0. The molecule has 2 heterocycles. The number of carbonyl (C=O) groups excluding carboxylic acids is 2. The number of nitro benzene ring substituents is 1. The van der Waals surface area contributed by atoms with Crippen molar-refractivity contribution >= 4 is 17.6 Å². The molecule has 0 aliphatic carbocycles. The SMILES string of the molecule is CCCC1=C(C(=O)OCCCOc2ccc(CCCOC3CCCCO3)cc2)C(c2cccc([N+](=O)[O-])c2)C(C(=O)OC)=C(CC)N1. The van der Waals surface area contributed by atoms with Gasteiger partial charge in [-0.15, -0.1) is 0 Å². The Morgan fingerprint density at radius 3 is 2.43 bits per heavy atom. The molecule has 1 fully saturated rings. The summed E-state index contributed by atoms with van der Waals surface area (Å²) in [7, 11) is 1.27. The molecule has 0 bridgehead atoms. The van der Waals surface area contributed by atoms with E-state index >= 15 is 0 Å². The number of non-ortho nitro benzene ring substituents is 1. The summed E-state index contributed by atoms with van der Waals surface area (Å²) in [5, 5.41) is 14.9. The molecule has 47 heavy (non-hydrogen) atoms. The predicted molar refractivity (Wildman–Crippen MR) is 176 cm³/mol. The fourth-order valence-corrected chi connectivity index (χ4v) is 5.86. The number of nitro groups is 1. The average Bonchev–Trinajstić information content (AvgIpc) is 3.10. The largest absolute Gasteiger partial charge is 0.493 e. The Balaban J connectivity index is 1.36. The highest BCUT2D eigenvalue weighted by Crippen LogP contribution is 2.41. The number of carbonyl (C=O) groups is 2. The van der Waals surface area contributed by atoms with Crippen molar-refractivity contribution in [3.8, 4) is 5.75 Å². The number of hydrogen-bond donors (Lipinski definition) is 1. The van der Waals surface area contributed by atoms with Gasteiger partial charge in [0.1, 0.15) is 5.75 Å². The van der Waals surface area contributed by atoms with Crippen molar-refractivity contribution in [1.82, 2.24) is 5.32 Å². The minimum Gasteiger partial charge on any atom is -0.493 e. The van der Waals surface area contributed by atoms with Gasteiger partial charge in [-0.1, -0.05) is 44.5 Å². The molecule has 2 aliphatic rings. The van der Waals surface area contributed by atoms with E-state index in [2.05, 4.69) is 5.32 Å². The predicted octanol–water partition coefficient (Wildman–Crippen LogP) is 6.66. The van der Waals surface area contributed by atoms with Crippen LogP contribution in [0.25, 0.3) is 0 Å². The van der Waals surface area contributed by atoms with Gasteiger partial charge in [-0.3, -0.25) is 10.1 Å². The number of esters is 2. The summed E-state index contributed by atoms with van der Waals surface area (Å²) in [5.74, 6) is -1.39. The Kier molecular flexibility index (Phi) is 13.8. The molecule has 254 valence electrons. The van der Waals surface area contributed by atoms with Crippen LogP contribution >= 0.6 is 0 Å². The molecule has 11 heteroatoms. The van der Waals surface area contributed by atoms with Crippen LogP contribution in [0.5, 0.6) is 5.75 Å². The van der Waals surface area contributed by atoms with Crippen LogP contribution in [0.1, 0.15) is 82.3 Å². The molecule has 0 aromatic heterocycles. The molecule has 4 rings (SSSR count).